The van der Waals surface area contributed by atoms with Crippen molar-refractivity contribution in [2.75, 3.05) is 11.9 Å². The lowest BCUT2D eigenvalue weighted by molar-refractivity contribution is -0.142. The second kappa shape index (κ2) is 7.30. The fourth-order valence-corrected chi connectivity index (χ4v) is 3.12. The molecule has 0 saturated heterocycles. The molecule has 0 bridgehead atoms. The Labute approximate surface area is 153 Å². The largest absolute Gasteiger partial charge is 0.481 e. The predicted octanol–water partition coefficient (Wildman–Crippen LogP) is 3.69. The zero-order valence-electron chi connectivity index (χ0n) is 15.0. The minimum atomic E-state index is -0.970. The number of carboxylic acids is 1. The first-order valence-electron chi connectivity index (χ1n) is 8.71. The van der Waals surface area contributed by atoms with E-state index >= 15 is 0 Å². The first-order chi connectivity index (χ1) is 12.4. The van der Waals surface area contributed by atoms with Crippen molar-refractivity contribution in [3.05, 3.63) is 65.2 Å². The molecular weight excluding hydrogens is 330 g/mol. The van der Waals surface area contributed by atoms with Crippen LogP contribution in [0.5, 0.6) is 0 Å². The van der Waals surface area contributed by atoms with E-state index in [1.165, 1.54) is 5.56 Å². The van der Waals surface area contributed by atoms with Gasteiger partial charge in [-0.1, -0.05) is 36.4 Å². The number of anilines is 1. The van der Waals surface area contributed by atoms with Gasteiger partial charge in [0.05, 0.1) is 24.5 Å². The Hall–Kier alpha value is -2.66. The van der Waals surface area contributed by atoms with Crippen molar-refractivity contribution in [1.82, 2.24) is 0 Å². The normalized spacial score (nSPS) is 16.6. The maximum absolute atomic E-state index is 12.4. The summed E-state index contributed by atoms with van der Waals surface area (Å²) in [6, 6.07) is 15.0. The standard InChI is InChI=1S/C21H23NO4/c1-21(2,20(24)25)15-7-9-16(10-8-15)22-19(23)13-18-17-6-4-3-5-14(17)11-12-26-18/h3-10,18H,11-13H2,1-2H3,(H,22,23)(H,24,25). The fourth-order valence-electron chi connectivity index (χ4n) is 3.12. The van der Waals surface area contributed by atoms with Crippen molar-refractivity contribution < 1.29 is 19.4 Å². The molecule has 136 valence electrons. The van der Waals surface area contributed by atoms with Crippen LogP contribution < -0.4 is 5.32 Å². The number of amides is 1. The van der Waals surface area contributed by atoms with Crippen LogP contribution in [0.25, 0.3) is 0 Å². The second-order valence-electron chi connectivity index (χ2n) is 7.07. The summed E-state index contributed by atoms with van der Waals surface area (Å²) < 4.78 is 5.78. The molecule has 0 saturated carbocycles. The molecule has 1 unspecified atom stereocenters. The molecule has 0 aliphatic carbocycles. The number of hydrogen-bond acceptors (Lipinski definition) is 3. The molecule has 1 atom stereocenters. The van der Waals surface area contributed by atoms with E-state index in [0.29, 0.717) is 17.9 Å². The molecule has 2 aromatic carbocycles. The molecule has 1 amide bonds. The van der Waals surface area contributed by atoms with Crippen LogP contribution in [0.1, 0.15) is 43.1 Å². The molecule has 0 radical (unpaired) electrons. The van der Waals surface area contributed by atoms with Gasteiger partial charge in [0.15, 0.2) is 0 Å². The summed E-state index contributed by atoms with van der Waals surface area (Å²) in [5.41, 5.74) is 2.67. The molecule has 5 heteroatoms. The first kappa shape index (κ1) is 18.1. The van der Waals surface area contributed by atoms with E-state index in [1.807, 2.05) is 18.2 Å². The van der Waals surface area contributed by atoms with Gasteiger partial charge in [0.2, 0.25) is 5.91 Å². The van der Waals surface area contributed by atoms with Gasteiger partial charge in [0.25, 0.3) is 0 Å². The summed E-state index contributed by atoms with van der Waals surface area (Å²) in [6.45, 7) is 3.93. The Bertz CT molecular complexity index is 811. The molecule has 3 rings (SSSR count). The molecule has 0 aromatic heterocycles. The Balaban J connectivity index is 1.65. The van der Waals surface area contributed by atoms with E-state index in [-0.39, 0.29) is 18.4 Å². The Morgan fingerprint density at radius 2 is 1.85 bits per heavy atom. The van der Waals surface area contributed by atoms with Gasteiger partial charge in [-0.3, -0.25) is 9.59 Å². The van der Waals surface area contributed by atoms with Crippen molar-refractivity contribution in [2.24, 2.45) is 0 Å². The quantitative estimate of drug-likeness (QED) is 0.859. The highest BCUT2D eigenvalue weighted by Crippen LogP contribution is 2.30. The third-order valence-corrected chi connectivity index (χ3v) is 4.89. The van der Waals surface area contributed by atoms with Crippen LogP contribution in [-0.4, -0.2) is 23.6 Å². The summed E-state index contributed by atoms with van der Waals surface area (Å²) in [5, 5.41) is 12.1. The SMILES string of the molecule is CC(C)(C(=O)O)c1ccc(NC(=O)CC2OCCc3ccccc32)cc1. The second-order valence-corrected chi connectivity index (χ2v) is 7.07. The molecule has 1 heterocycles. The number of carbonyl (C=O) groups excluding carboxylic acids is 1. The summed E-state index contributed by atoms with van der Waals surface area (Å²) in [5.74, 6) is -1.01. The molecular formula is C21H23NO4. The van der Waals surface area contributed by atoms with Gasteiger partial charge in [-0.2, -0.15) is 0 Å². The Morgan fingerprint density at radius 3 is 2.54 bits per heavy atom. The molecule has 5 nitrogen and oxygen atoms in total. The van der Waals surface area contributed by atoms with Gasteiger partial charge in [0.1, 0.15) is 0 Å². The van der Waals surface area contributed by atoms with Gasteiger partial charge < -0.3 is 15.2 Å². The maximum atomic E-state index is 12.4. The number of fused-ring (bicyclic) bond motifs is 1. The molecule has 0 spiro atoms. The molecule has 2 N–H and O–H groups in total. The first-order valence-corrected chi connectivity index (χ1v) is 8.71. The van der Waals surface area contributed by atoms with E-state index in [1.54, 1.807) is 38.1 Å². The van der Waals surface area contributed by atoms with Crippen molar-refractivity contribution in [3.63, 3.8) is 0 Å². The number of benzene rings is 2. The van der Waals surface area contributed by atoms with Crippen molar-refractivity contribution in [1.29, 1.82) is 0 Å². The summed E-state index contributed by atoms with van der Waals surface area (Å²) >= 11 is 0. The number of carboxylic acid groups (broad SMARTS) is 1. The van der Waals surface area contributed by atoms with Crippen LogP contribution in [0.2, 0.25) is 0 Å². The highest BCUT2D eigenvalue weighted by molar-refractivity contribution is 5.91. The van der Waals surface area contributed by atoms with Gasteiger partial charge in [-0.05, 0) is 49.1 Å². The van der Waals surface area contributed by atoms with Gasteiger partial charge in [0, 0.05) is 5.69 Å². The summed E-state index contributed by atoms with van der Waals surface area (Å²) in [6.07, 6.45) is 0.888. The van der Waals surface area contributed by atoms with E-state index in [2.05, 4.69) is 11.4 Å². The number of aliphatic carboxylic acids is 1. The number of hydrogen-bond donors (Lipinski definition) is 2. The van der Waals surface area contributed by atoms with Crippen LogP contribution in [0, 0.1) is 0 Å². The molecule has 26 heavy (non-hydrogen) atoms. The number of nitrogens with one attached hydrogen (secondary N) is 1. The van der Waals surface area contributed by atoms with Gasteiger partial charge in [-0.25, -0.2) is 0 Å². The molecule has 1 aliphatic heterocycles. The maximum Gasteiger partial charge on any atom is 0.313 e. The zero-order chi connectivity index (χ0) is 18.7. The van der Waals surface area contributed by atoms with Gasteiger partial charge >= 0.3 is 5.97 Å². The molecule has 0 fully saturated rings. The van der Waals surface area contributed by atoms with Crippen LogP contribution in [0.3, 0.4) is 0 Å². The number of ether oxygens (including phenoxy) is 1. The number of carbonyl (C=O) groups is 2. The zero-order valence-corrected chi connectivity index (χ0v) is 15.0. The minimum Gasteiger partial charge on any atom is -0.481 e. The monoisotopic (exact) mass is 353 g/mol. The molecule has 1 aliphatic rings. The van der Waals surface area contributed by atoms with E-state index < -0.39 is 11.4 Å². The lowest BCUT2D eigenvalue weighted by atomic mass is 9.85. The van der Waals surface area contributed by atoms with Crippen LogP contribution in [0.15, 0.2) is 48.5 Å². The van der Waals surface area contributed by atoms with E-state index in [4.69, 9.17) is 4.74 Å². The topological polar surface area (TPSA) is 75.6 Å². The highest BCUT2D eigenvalue weighted by atomic mass is 16.5. The average molecular weight is 353 g/mol. The smallest absolute Gasteiger partial charge is 0.313 e. The minimum absolute atomic E-state index is 0.128. The van der Waals surface area contributed by atoms with Crippen LogP contribution in [-0.2, 0) is 26.2 Å². The number of rotatable bonds is 5. The van der Waals surface area contributed by atoms with E-state index in [9.17, 15) is 14.7 Å². The summed E-state index contributed by atoms with van der Waals surface area (Å²) in [4.78, 5) is 23.7. The van der Waals surface area contributed by atoms with E-state index in [0.717, 1.165) is 12.0 Å². The predicted molar refractivity (Wildman–Crippen MR) is 99.2 cm³/mol. The Morgan fingerprint density at radius 1 is 1.15 bits per heavy atom. The summed E-state index contributed by atoms with van der Waals surface area (Å²) in [7, 11) is 0. The highest BCUT2D eigenvalue weighted by Gasteiger charge is 2.29. The third-order valence-electron chi connectivity index (χ3n) is 4.89. The van der Waals surface area contributed by atoms with Crippen molar-refractivity contribution in [3.8, 4) is 0 Å². The Kier molecular flexibility index (Phi) is 5.09. The van der Waals surface area contributed by atoms with Gasteiger partial charge in [-0.15, -0.1) is 0 Å². The lowest BCUT2D eigenvalue weighted by Crippen LogP contribution is -2.28. The van der Waals surface area contributed by atoms with Crippen molar-refractivity contribution in [2.45, 2.75) is 38.2 Å². The lowest BCUT2D eigenvalue weighted by Gasteiger charge is -2.25. The fraction of sp³-hybridized carbons (Fsp3) is 0.333. The molecule has 2 aromatic rings. The average Bonchev–Trinajstić information content (AvgIpc) is 2.62. The third kappa shape index (κ3) is 3.78. The van der Waals surface area contributed by atoms with Crippen molar-refractivity contribution >= 4 is 17.6 Å². The van der Waals surface area contributed by atoms with Crippen LogP contribution in [0.4, 0.5) is 5.69 Å². The van der Waals surface area contributed by atoms with Crippen LogP contribution >= 0.6 is 0 Å².